The van der Waals surface area contributed by atoms with Gasteiger partial charge in [0.1, 0.15) is 17.4 Å². The predicted octanol–water partition coefficient (Wildman–Crippen LogP) is 5.87. The standard InChI is InChI=1S/C25H19Cl2N3O3/c1-16-6-9-19(10-7-16)29-24(31)15-33-23-11-8-17(13-21(23)27)12-18(14-28)25(32)30-22-5-3-2-4-20(22)26/h2-13H,15H2,1H3,(H,29,31)(H,30,32)/b18-12+. The summed E-state index contributed by atoms with van der Waals surface area (Å²) >= 11 is 12.3. The number of aryl methyl sites for hydroxylation is 1. The Morgan fingerprint density at radius 3 is 2.39 bits per heavy atom. The molecule has 0 saturated heterocycles. The van der Waals surface area contributed by atoms with Gasteiger partial charge in [-0.2, -0.15) is 5.26 Å². The third-order valence-corrected chi connectivity index (χ3v) is 5.07. The highest BCUT2D eigenvalue weighted by atomic mass is 35.5. The molecule has 6 nitrogen and oxygen atoms in total. The van der Waals surface area contributed by atoms with Crippen molar-refractivity contribution in [3.05, 3.63) is 93.5 Å². The van der Waals surface area contributed by atoms with Crippen molar-refractivity contribution in [2.75, 3.05) is 17.2 Å². The lowest BCUT2D eigenvalue weighted by Gasteiger charge is -2.10. The second-order valence-corrected chi connectivity index (χ2v) is 7.81. The molecule has 0 fully saturated rings. The molecule has 3 aromatic rings. The van der Waals surface area contributed by atoms with E-state index in [1.165, 1.54) is 12.1 Å². The predicted molar refractivity (Wildman–Crippen MR) is 130 cm³/mol. The van der Waals surface area contributed by atoms with E-state index in [4.69, 9.17) is 27.9 Å². The van der Waals surface area contributed by atoms with Crippen molar-refractivity contribution in [2.24, 2.45) is 0 Å². The number of anilines is 2. The van der Waals surface area contributed by atoms with Gasteiger partial charge < -0.3 is 15.4 Å². The van der Waals surface area contributed by atoms with Crippen molar-refractivity contribution >= 4 is 52.5 Å². The van der Waals surface area contributed by atoms with Crippen LogP contribution in [0.3, 0.4) is 0 Å². The van der Waals surface area contributed by atoms with Crippen LogP contribution in [0.4, 0.5) is 11.4 Å². The zero-order valence-corrected chi connectivity index (χ0v) is 19.1. The van der Waals surface area contributed by atoms with Crippen molar-refractivity contribution in [1.29, 1.82) is 5.26 Å². The maximum atomic E-state index is 12.4. The fourth-order valence-corrected chi connectivity index (χ4v) is 3.20. The second kappa shape index (κ2) is 11.2. The van der Waals surface area contributed by atoms with E-state index in [-0.39, 0.29) is 23.1 Å². The maximum absolute atomic E-state index is 12.4. The summed E-state index contributed by atoms with van der Waals surface area (Å²) in [6, 6.07) is 20.7. The Hall–Kier alpha value is -3.79. The van der Waals surface area contributed by atoms with E-state index in [1.54, 1.807) is 48.5 Å². The van der Waals surface area contributed by atoms with Crippen LogP contribution in [0.1, 0.15) is 11.1 Å². The van der Waals surface area contributed by atoms with Gasteiger partial charge in [-0.1, -0.05) is 59.1 Å². The first-order valence-corrected chi connectivity index (χ1v) is 10.6. The molecule has 0 bridgehead atoms. The van der Waals surface area contributed by atoms with Crippen LogP contribution in [0.25, 0.3) is 6.08 Å². The van der Waals surface area contributed by atoms with Crippen LogP contribution in [0.5, 0.6) is 5.75 Å². The fourth-order valence-electron chi connectivity index (χ4n) is 2.77. The molecule has 2 N–H and O–H groups in total. The average molecular weight is 480 g/mol. The van der Waals surface area contributed by atoms with E-state index < -0.39 is 5.91 Å². The average Bonchev–Trinajstić information content (AvgIpc) is 2.80. The minimum absolute atomic E-state index is 0.128. The van der Waals surface area contributed by atoms with E-state index >= 15 is 0 Å². The van der Waals surface area contributed by atoms with Crippen molar-refractivity contribution in [1.82, 2.24) is 0 Å². The summed E-state index contributed by atoms with van der Waals surface area (Å²) in [4.78, 5) is 24.5. The number of benzene rings is 3. The number of halogens is 2. The van der Waals surface area contributed by atoms with Crippen molar-refractivity contribution in [3.8, 4) is 11.8 Å². The molecule has 0 spiro atoms. The number of para-hydroxylation sites is 1. The summed E-state index contributed by atoms with van der Waals surface area (Å²) < 4.78 is 5.50. The number of hydrogen-bond donors (Lipinski definition) is 2. The summed E-state index contributed by atoms with van der Waals surface area (Å²) in [5, 5.41) is 15.3. The van der Waals surface area contributed by atoms with Gasteiger partial charge in [0.05, 0.1) is 15.7 Å². The van der Waals surface area contributed by atoms with Crippen LogP contribution in [-0.4, -0.2) is 18.4 Å². The molecule has 0 saturated carbocycles. The van der Waals surface area contributed by atoms with Crippen molar-refractivity contribution in [3.63, 3.8) is 0 Å². The molecule has 0 radical (unpaired) electrons. The molecule has 2 amide bonds. The van der Waals surface area contributed by atoms with E-state index in [2.05, 4.69) is 10.6 Å². The number of nitriles is 1. The normalized spacial score (nSPS) is 10.8. The number of ether oxygens (including phenoxy) is 1. The Bertz CT molecular complexity index is 1250. The van der Waals surface area contributed by atoms with E-state index in [0.29, 0.717) is 27.7 Å². The molecule has 0 aliphatic carbocycles. The first-order valence-electron chi connectivity index (χ1n) is 9.82. The lowest BCUT2D eigenvalue weighted by molar-refractivity contribution is -0.118. The Kier molecular flexibility index (Phi) is 8.09. The number of amides is 2. The highest BCUT2D eigenvalue weighted by molar-refractivity contribution is 6.34. The van der Waals surface area contributed by atoms with Crippen LogP contribution in [0.15, 0.2) is 72.3 Å². The van der Waals surface area contributed by atoms with Gasteiger partial charge in [-0.15, -0.1) is 0 Å². The molecule has 3 rings (SSSR count). The maximum Gasteiger partial charge on any atom is 0.266 e. The molecule has 0 atom stereocenters. The van der Waals surface area contributed by atoms with Gasteiger partial charge in [-0.3, -0.25) is 9.59 Å². The second-order valence-electron chi connectivity index (χ2n) is 7.00. The highest BCUT2D eigenvalue weighted by Gasteiger charge is 2.12. The summed E-state index contributed by atoms with van der Waals surface area (Å²) in [5.74, 6) is -0.636. The quantitative estimate of drug-likeness (QED) is 0.327. The van der Waals surface area contributed by atoms with Crippen LogP contribution in [0, 0.1) is 18.3 Å². The molecular formula is C25H19Cl2N3O3. The number of carbonyl (C=O) groups excluding carboxylic acids is 2. The minimum Gasteiger partial charge on any atom is -0.482 e. The van der Waals surface area contributed by atoms with Crippen LogP contribution >= 0.6 is 23.2 Å². The van der Waals surface area contributed by atoms with Gasteiger partial charge in [0.15, 0.2) is 6.61 Å². The topological polar surface area (TPSA) is 91.2 Å². The molecule has 33 heavy (non-hydrogen) atoms. The molecule has 0 unspecified atom stereocenters. The number of nitrogens with zero attached hydrogens (tertiary/aromatic N) is 1. The Balaban J connectivity index is 1.63. The zero-order valence-electron chi connectivity index (χ0n) is 17.6. The summed E-state index contributed by atoms with van der Waals surface area (Å²) in [7, 11) is 0. The highest BCUT2D eigenvalue weighted by Crippen LogP contribution is 2.27. The van der Waals surface area contributed by atoms with Gasteiger partial charge in [-0.05, 0) is 55.0 Å². The van der Waals surface area contributed by atoms with Crippen LogP contribution < -0.4 is 15.4 Å². The summed E-state index contributed by atoms with van der Waals surface area (Å²) in [6.45, 7) is 1.73. The first kappa shape index (κ1) is 23.9. The summed E-state index contributed by atoms with van der Waals surface area (Å²) in [6.07, 6.45) is 1.39. The van der Waals surface area contributed by atoms with E-state index in [9.17, 15) is 14.9 Å². The van der Waals surface area contributed by atoms with Crippen molar-refractivity contribution < 1.29 is 14.3 Å². The molecule has 0 heterocycles. The molecule has 0 aromatic heterocycles. The Morgan fingerprint density at radius 2 is 1.73 bits per heavy atom. The summed E-state index contributed by atoms with van der Waals surface area (Å²) in [5.41, 5.74) is 2.54. The lowest BCUT2D eigenvalue weighted by atomic mass is 10.1. The SMILES string of the molecule is Cc1ccc(NC(=O)COc2ccc(/C=C(\C#N)C(=O)Nc3ccccc3Cl)cc2Cl)cc1. The monoisotopic (exact) mass is 479 g/mol. The van der Waals surface area contributed by atoms with Gasteiger partial charge >= 0.3 is 0 Å². The Labute approximate surface area is 201 Å². The minimum atomic E-state index is -0.602. The van der Waals surface area contributed by atoms with Gasteiger partial charge in [0.2, 0.25) is 0 Å². The van der Waals surface area contributed by atoms with Gasteiger partial charge in [-0.25, -0.2) is 0 Å². The lowest BCUT2D eigenvalue weighted by Crippen LogP contribution is -2.20. The number of carbonyl (C=O) groups is 2. The number of nitrogens with one attached hydrogen (secondary N) is 2. The number of hydrogen-bond acceptors (Lipinski definition) is 4. The first-order chi connectivity index (χ1) is 15.9. The molecule has 0 aliphatic heterocycles. The van der Waals surface area contributed by atoms with Crippen LogP contribution in [0.2, 0.25) is 10.0 Å². The molecule has 166 valence electrons. The largest absolute Gasteiger partial charge is 0.482 e. The van der Waals surface area contributed by atoms with E-state index in [1.807, 2.05) is 25.1 Å². The number of rotatable bonds is 7. The fraction of sp³-hybridized carbons (Fsp3) is 0.0800. The molecule has 3 aromatic carbocycles. The third kappa shape index (κ3) is 6.84. The Morgan fingerprint density at radius 1 is 1.00 bits per heavy atom. The zero-order chi connectivity index (χ0) is 23.8. The molecule has 0 aliphatic rings. The van der Waals surface area contributed by atoms with Gasteiger partial charge in [0.25, 0.3) is 11.8 Å². The van der Waals surface area contributed by atoms with Gasteiger partial charge in [0, 0.05) is 5.69 Å². The van der Waals surface area contributed by atoms with E-state index in [0.717, 1.165) is 5.56 Å². The smallest absolute Gasteiger partial charge is 0.266 e. The van der Waals surface area contributed by atoms with Crippen LogP contribution in [-0.2, 0) is 9.59 Å². The molecule has 8 heteroatoms. The van der Waals surface area contributed by atoms with Crippen molar-refractivity contribution in [2.45, 2.75) is 6.92 Å². The third-order valence-electron chi connectivity index (χ3n) is 4.45. The molecular weight excluding hydrogens is 461 g/mol.